The first kappa shape index (κ1) is 9.17. The Morgan fingerprint density at radius 2 is 2.20 bits per heavy atom. The van der Waals surface area contributed by atoms with Gasteiger partial charge >= 0.3 is 5.97 Å². The second kappa shape index (κ2) is 4.06. The van der Waals surface area contributed by atoms with Gasteiger partial charge in [-0.1, -0.05) is 6.08 Å². The molecule has 0 aromatic carbocycles. The second-order valence-electron chi connectivity index (χ2n) is 2.03. The van der Waals surface area contributed by atoms with E-state index >= 15 is 0 Å². The first-order valence-corrected chi connectivity index (χ1v) is 3.09. The molecule has 3 heteroatoms. The highest BCUT2D eigenvalue weighted by molar-refractivity contribution is 5.78. The lowest BCUT2D eigenvalue weighted by molar-refractivity contribution is -0.141. The van der Waals surface area contributed by atoms with Crippen LogP contribution in [0.2, 0.25) is 0 Å². The van der Waals surface area contributed by atoms with Crippen molar-refractivity contribution in [2.75, 3.05) is 7.11 Å². The molecule has 0 radical (unpaired) electrons. The molecule has 10 heavy (non-hydrogen) atoms. The molecular weight excluding hydrogens is 130 g/mol. The topological polar surface area (TPSA) is 52.3 Å². The lowest BCUT2D eigenvalue weighted by atomic mass is 10.1. The third-order valence-electron chi connectivity index (χ3n) is 1.40. The molecule has 3 nitrogen and oxygen atoms in total. The molecule has 58 valence electrons. The lowest BCUT2D eigenvalue weighted by Crippen LogP contribution is -2.32. The van der Waals surface area contributed by atoms with Crippen LogP contribution in [0.3, 0.4) is 0 Å². The van der Waals surface area contributed by atoms with E-state index in [-0.39, 0.29) is 0 Å². The molecule has 0 spiro atoms. The average Bonchev–Trinajstić information content (AvgIpc) is 2.00. The van der Waals surface area contributed by atoms with E-state index in [1.165, 1.54) is 7.11 Å². The summed E-state index contributed by atoms with van der Waals surface area (Å²) >= 11 is 0. The van der Waals surface area contributed by atoms with E-state index in [1.54, 1.807) is 13.0 Å². The minimum Gasteiger partial charge on any atom is -0.468 e. The zero-order valence-corrected chi connectivity index (χ0v) is 6.55. The van der Waals surface area contributed by atoms with E-state index in [4.69, 9.17) is 5.73 Å². The molecule has 0 saturated carbocycles. The van der Waals surface area contributed by atoms with Crippen LogP contribution in [0.25, 0.3) is 0 Å². The Morgan fingerprint density at radius 1 is 1.70 bits per heavy atom. The number of carbonyl (C=O) groups excluding carboxylic acids is 1. The molecule has 0 saturated heterocycles. The summed E-state index contributed by atoms with van der Waals surface area (Å²) in [6, 6.07) is -0.602. The van der Waals surface area contributed by atoms with Crippen molar-refractivity contribution in [3.63, 3.8) is 0 Å². The van der Waals surface area contributed by atoms with Crippen LogP contribution in [0.4, 0.5) is 0 Å². The van der Waals surface area contributed by atoms with Gasteiger partial charge in [-0.25, -0.2) is 0 Å². The number of carbonyl (C=O) groups is 1. The Hall–Kier alpha value is -0.830. The molecule has 1 atom stereocenters. The van der Waals surface area contributed by atoms with E-state index in [9.17, 15) is 4.79 Å². The van der Waals surface area contributed by atoms with Gasteiger partial charge in [0.25, 0.3) is 0 Å². The molecule has 0 aliphatic rings. The fraction of sp³-hybridized carbons (Fsp3) is 0.571. The summed E-state index contributed by atoms with van der Waals surface area (Å²) in [4.78, 5) is 10.7. The Balaban J connectivity index is 4.08. The van der Waals surface area contributed by atoms with Crippen molar-refractivity contribution in [2.45, 2.75) is 19.9 Å². The van der Waals surface area contributed by atoms with Crippen molar-refractivity contribution in [3.8, 4) is 0 Å². The molecule has 0 aromatic heterocycles. The minimum atomic E-state index is -0.602. The number of methoxy groups -OCH3 is 1. The number of allylic oxidation sites excluding steroid dienone is 1. The molecule has 0 rings (SSSR count). The fourth-order valence-corrected chi connectivity index (χ4v) is 0.492. The van der Waals surface area contributed by atoms with Crippen molar-refractivity contribution in [2.24, 2.45) is 5.73 Å². The zero-order chi connectivity index (χ0) is 8.15. The molecular formula is C7H13NO2. The molecule has 0 aliphatic carbocycles. The first-order valence-electron chi connectivity index (χ1n) is 3.09. The highest BCUT2D eigenvalue weighted by Crippen LogP contribution is 1.98. The molecule has 0 aromatic rings. The number of nitrogens with two attached hydrogens (primary N) is 1. The van der Waals surface area contributed by atoms with Crippen LogP contribution < -0.4 is 5.73 Å². The van der Waals surface area contributed by atoms with Crippen molar-refractivity contribution in [1.82, 2.24) is 0 Å². The van der Waals surface area contributed by atoms with E-state index < -0.39 is 12.0 Å². The van der Waals surface area contributed by atoms with Crippen molar-refractivity contribution < 1.29 is 9.53 Å². The van der Waals surface area contributed by atoms with Crippen LogP contribution in [0.15, 0.2) is 11.6 Å². The lowest BCUT2D eigenvalue weighted by Gasteiger charge is -2.07. The monoisotopic (exact) mass is 143 g/mol. The summed E-state index contributed by atoms with van der Waals surface area (Å²) in [5, 5.41) is 0. The van der Waals surface area contributed by atoms with Crippen molar-refractivity contribution in [3.05, 3.63) is 11.6 Å². The van der Waals surface area contributed by atoms with E-state index in [0.29, 0.717) is 0 Å². The standard InChI is InChI=1S/C7H13NO2/c1-4-5(2)6(8)7(9)10-3/h4,6H,8H2,1-3H3/b5-4-/t6-/m1/s1. The predicted molar refractivity (Wildman–Crippen MR) is 39.4 cm³/mol. The summed E-state index contributed by atoms with van der Waals surface area (Å²) in [6.07, 6.45) is 1.79. The molecule has 0 bridgehead atoms. The van der Waals surface area contributed by atoms with E-state index in [1.807, 2.05) is 6.92 Å². The molecule has 0 fully saturated rings. The average molecular weight is 143 g/mol. The minimum absolute atomic E-state index is 0.393. The van der Waals surface area contributed by atoms with Crippen molar-refractivity contribution in [1.29, 1.82) is 0 Å². The summed E-state index contributed by atoms with van der Waals surface area (Å²) < 4.78 is 4.43. The van der Waals surface area contributed by atoms with Crippen LogP contribution >= 0.6 is 0 Å². The molecule has 0 heterocycles. The maximum absolute atomic E-state index is 10.7. The van der Waals surface area contributed by atoms with Crippen molar-refractivity contribution >= 4 is 5.97 Å². The number of hydrogen-bond donors (Lipinski definition) is 1. The predicted octanol–water partition coefficient (Wildman–Crippen LogP) is 0.453. The Kier molecular flexibility index (Phi) is 3.72. The van der Waals surface area contributed by atoms with Gasteiger partial charge < -0.3 is 10.5 Å². The highest BCUT2D eigenvalue weighted by Gasteiger charge is 2.13. The van der Waals surface area contributed by atoms with E-state index in [2.05, 4.69) is 4.74 Å². The van der Waals surface area contributed by atoms with Gasteiger partial charge in [-0.15, -0.1) is 0 Å². The normalized spacial score (nSPS) is 14.6. The number of rotatable bonds is 2. The van der Waals surface area contributed by atoms with Gasteiger partial charge in [0, 0.05) is 0 Å². The van der Waals surface area contributed by atoms with Gasteiger partial charge in [0.2, 0.25) is 0 Å². The van der Waals surface area contributed by atoms with Crippen LogP contribution in [-0.2, 0) is 9.53 Å². The van der Waals surface area contributed by atoms with Gasteiger partial charge in [-0.2, -0.15) is 0 Å². The van der Waals surface area contributed by atoms with Gasteiger partial charge in [0.1, 0.15) is 6.04 Å². The first-order chi connectivity index (χ1) is 4.63. The Labute approximate surface area is 60.9 Å². The molecule has 0 unspecified atom stereocenters. The van der Waals surface area contributed by atoms with Gasteiger partial charge in [0.15, 0.2) is 0 Å². The van der Waals surface area contributed by atoms with Crippen LogP contribution in [0.1, 0.15) is 13.8 Å². The van der Waals surface area contributed by atoms with Gasteiger partial charge in [-0.05, 0) is 19.4 Å². The second-order valence-corrected chi connectivity index (χ2v) is 2.03. The highest BCUT2D eigenvalue weighted by atomic mass is 16.5. The number of hydrogen-bond acceptors (Lipinski definition) is 3. The van der Waals surface area contributed by atoms with Gasteiger partial charge in [0.05, 0.1) is 7.11 Å². The quantitative estimate of drug-likeness (QED) is 0.451. The maximum Gasteiger partial charge on any atom is 0.326 e. The summed E-state index contributed by atoms with van der Waals surface area (Å²) in [5.74, 6) is -0.393. The Morgan fingerprint density at radius 3 is 2.50 bits per heavy atom. The molecule has 2 N–H and O–H groups in total. The number of ether oxygens (including phenoxy) is 1. The zero-order valence-electron chi connectivity index (χ0n) is 6.55. The van der Waals surface area contributed by atoms with Crippen LogP contribution in [0.5, 0.6) is 0 Å². The largest absolute Gasteiger partial charge is 0.468 e. The van der Waals surface area contributed by atoms with E-state index in [0.717, 1.165) is 5.57 Å². The maximum atomic E-state index is 10.7. The molecule has 0 amide bonds. The van der Waals surface area contributed by atoms with Crippen LogP contribution in [-0.4, -0.2) is 19.1 Å². The van der Waals surface area contributed by atoms with Gasteiger partial charge in [-0.3, -0.25) is 4.79 Å². The Bertz CT molecular complexity index is 152. The number of esters is 1. The smallest absolute Gasteiger partial charge is 0.326 e. The molecule has 0 aliphatic heterocycles. The summed E-state index contributed by atoms with van der Waals surface area (Å²) in [5.41, 5.74) is 6.26. The third-order valence-corrected chi connectivity index (χ3v) is 1.40. The SMILES string of the molecule is C/C=C(/C)[C@@H](N)C(=O)OC. The summed E-state index contributed by atoms with van der Waals surface area (Å²) in [7, 11) is 1.32. The fourth-order valence-electron chi connectivity index (χ4n) is 0.492. The third kappa shape index (κ3) is 2.19. The van der Waals surface area contributed by atoms with Crippen LogP contribution in [0, 0.1) is 0 Å². The summed E-state index contributed by atoms with van der Waals surface area (Å²) in [6.45, 7) is 3.62.